The molecular formula is C27H18N2O2. The average Bonchev–Trinajstić information content (AvgIpc) is 2.84. The van der Waals surface area contributed by atoms with Crippen LogP contribution in [0.25, 0.3) is 44.7 Å². The zero-order chi connectivity index (χ0) is 21.2. The standard InChI is InChI=1S/C27H18N2O2/c30-27(31)20-15-16-23-24(17-20)29-26(25(28-23)19-11-5-2-6-12-19)22-14-8-7-13-21(22)18-9-3-1-4-10-18/h1-17H,(H,30,31). The van der Waals surface area contributed by atoms with Crippen molar-refractivity contribution in [3.05, 3.63) is 109 Å². The number of hydrogen-bond acceptors (Lipinski definition) is 3. The highest BCUT2D eigenvalue weighted by Crippen LogP contribution is 2.37. The Morgan fingerprint density at radius 2 is 1.16 bits per heavy atom. The van der Waals surface area contributed by atoms with Crippen LogP contribution >= 0.6 is 0 Å². The SMILES string of the molecule is O=C(O)c1ccc2nc(-c3ccccc3)c(-c3ccccc3-c3ccccc3)nc2c1. The number of aromatic nitrogens is 2. The smallest absolute Gasteiger partial charge is 0.335 e. The molecule has 1 aromatic heterocycles. The molecule has 1 N–H and O–H groups in total. The van der Waals surface area contributed by atoms with E-state index in [1.54, 1.807) is 18.2 Å². The molecule has 0 aliphatic rings. The fourth-order valence-electron chi connectivity index (χ4n) is 3.73. The molecule has 0 aliphatic heterocycles. The molecule has 5 aromatic rings. The fraction of sp³-hybridized carbons (Fsp3) is 0. The van der Waals surface area contributed by atoms with E-state index >= 15 is 0 Å². The molecule has 0 amide bonds. The molecule has 4 aromatic carbocycles. The van der Waals surface area contributed by atoms with Gasteiger partial charge in [-0.2, -0.15) is 0 Å². The highest BCUT2D eigenvalue weighted by molar-refractivity contribution is 5.95. The third-order valence-electron chi connectivity index (χ3n) is 5.23. The molecule has 0 spiro atoms. The summed E-state index contributed by atoms with van der Waals surface area (Å²) in [5.41, 5.74) is 6.92. The van der Waals surface area contributed by atoms with Crippen LogP contribution in [-0.4, -0.2) is 21.0 Å². The van der Waals surface area contributed by atoms with E-state index in [0.717, 1.165) is 33.6 Å². The number of carboxylic acids is 1. The Bertz CT molecular complexity index is 1400. The van der Waals surface area contributed by atoms with Gasteiger partial charge in [0.1, 0.15) is 0 Å². The number of hydrogen-bond donors (Lipinski definition) is 1. The molecule has 0 saturated heterocycles. The lowest BCUT2D eigenvalue weighted by atomic mass is 9.95. The molecular weight excluding hydrogens is 384 g/mol. The summed E-state index contributed by atoms with van der Waals surface area (Å²) in [5, 5.41) is 9.41. The van der Waals surface area contributed by atoms with Crippen LogP contribution in [0.15, 0.2) is 103 Å². The lowest BCUT2D eigenvalue weighted by Crippen LogP contribution is -2.00. The van der Waals surface area contributed by atoms with Gasteiger partial charge in [0.05, 0.1) is 28.0 Å². The number of carbonyl (C=O) groups is 1. The van der Waals surface area contributed by atoms with Gasteiger partial charge in [-0.1, -0.05) is 84.9 Å². The van der Waals surface area contributed by atoms with E-state index in [1.165, 1.54) is 0 Å². The summed E-state index contributed by atoms with van der Waals surface area (Å²) in [7, 11) is 0. The predicted octanol–water partition coefficient (Wildman–Crippen LogP) is 6.33. The summed E-state index contributed by atoms with van der Waals surface area (Å²) in [6, 6.07) is 33.0. The minimum Gasteiger partial charge on any atom is -0.478 e. The molecule has 4 nitrogen and oxygen atoms in total. The predicted molar refractivity (Wildman–Crippen MR) is 123 cm³/mol. The number of benzene rings is 4. The van der Waals surface area contributed by atoms with Gasteiger partial charge < -0.3 is 5.11 Å². The van der Waals surface area contributed by atoms with E-state index in [9.17, 15) is 9.90 Å². The first kappa shape index (κ1) is 18.7. The summed E-state index contributed by atoms with van der Waals surface area (Å²) in [6.45, 7) is 0. The third kappa shape index (κ3) is 3.55. The number of aromatic carboxylic acids is 1. The van der Waals surface area contributed by atoms with Crippen LogP contribution in [-0.2, 0) is 0 Å². The summed E-state index contributed by atoms with van der Waals surface area (Å²) >= 11 is 0. The van der Waals surface area contributed by atoms with Crippen LogP contribution in [0.4, 0.5) is 0 Å². The molecule has 0 saturated carbocycles. The zero-order valence-corrected chi connectivity index (χ0v) is 16.6. The Morgan fingerprint density at radius 3 is 1.84 bits per heavy atom. The van der Waals surface area contributed by atoms with E-state index in [1.807, 2.05) is 66.7 Å². The second kappa shape index (κ2) is 7.84. The van der Waals surface area contributed by atoms with Crippen molar-refractivity contribution in [2.45, 2.75) is 0 Å². The maximum atomic E-state index is 11.5. The minimum absolute atomic E-state index is 0.191. The molecule has 0 radical (unpaired) electrons. The molecule has 4 heteroatoms. The maximum Gasteiger partial charge on any atom is 0.335 e. The van der Waals surface area contributed by atoms with Crippen molar-refractivity contribution in [3.8, 4) is 33.6 Å². The zero-order valence-electron chi connectivity index (χ0n) is 16.6. The monoisotopic (exact) mass is 402 g/mol. The minimum atomic E-state index is -0.984. The van der Waals surface area contributed by atoms with Crippen LogP contribution in [0.5, 0.6) is 0 Å². The number of fused-ring (bicyclic) bond motifs is 1. The van der Waals surface area contributed by atoms with Crippen molar-refractivity contribution in [2.75, 3.05) is 0 Å². The quantitative estimate of drug-likeness (QED) is 0.382. The van der Waals surface area contributed by atoms with Crippen molar-refractivity contribution < 1.29 is 9.90 Å². The Morgan fingerprint density at radius 1 is 0.581 bits per heavy atom. The van der Waals surface area contributed by atoms with E-state index in [4.69, 9.17) is 9.97 Å². The van der Waals surface area contributed by atoms with Gasteiger partial charge in [-0.05, 0) is 29.3 Å². The lowest BCUT2D eigenvalue weighted by molar-refractivity contribution is 0.0697. The molecule has 5 rings (SSSR count). The topological polar surface area (TPSA) is 63.1 Å². The van der Waals surface area contributed by atoms with E-state index in [2.05, 4.69) is 18.2 Å². The summed E-state index contributed by atoms with van der Waals surface area (Å²) in [6.07, 6.45) is 0. The van der Waals surface area contributed by atoms with E-state index < -0.39 is 5.97 Å². The van der Waals surface area contributed by atoms with E-state index in [-0.39, 0.29) is 5.56 Å². The Hall–Kier alpha value is -4.31. The molecule has 0 unspecified atom stereocenters. The van der Waals surface area contributed by atoms with Crippen molar-refractivity contribution in [3.63, 3.8) is 0 Å². The largest absolute Gasteiger partial charge is 0.478 e. The first-order valence-electron chi connectivity index (χ1n) is 9.96. The fourth-order valence-corrected chi connectivity index (χ4v) is 3.73. The van der Waals surface area contributed by atoms with Crippen LogP contribution in [0.1, 0.15) is 10.4 Å². The van der Waals surface area contributed by atoms with Crippen molar-refractivity contribution in [2.24, 2.45) is 0 Å². The van der Waals surface area contributed by atoms with Gasteiger partial charge in [0.25, 0.3) is 0 Å². The molecule has 0 bridgehead atoms. The maximum absolute atomic E-state index is 11.5. The van der Waals surface area contributed by atoms with Crippen molar-refractivity contribution >= 4 is 17.0 Å². The van der Waals surface area contributed by atoms with Gasteiger partial charge in [-0.3, -0.25) is 0 Å². The highest BCUT2D eigenvalue weighted by atomic mass is 16.4. The summed E-state index contributed by atoms with van der Waals surface area (Å²) in [4.78, 5) is 21.3. The number of carboxylic acid groups (broad SMARTS) is 1. The summed E-state index contributed by atoms with van der Waals surface area (Å²) < 4.78 is 0. The molecule has 0 atom stereocenters. The third-order valence-corrected chi connectivity index (χ3v) is 5.23. The van der Waals surface area contributed by atoms with Crippen LogP contribution in [0.3, 0.4) is 0 Å². The van der Waals surface area contributed by atoms with Crippen molar-refractivity contribution in [1.29, 1.82) is 0 Å². The normalized spacial score (nSPS) is 10.8. The van der Waals surface area contributed by atoms with Crippen LogP contribution < -0.4 is 0 Å². The van der Waals surface area contributed by atoms with Gasteiger partial charge in [-0.15, -0.1) is 0 Å². The molecule has 1 heterocycles. The van der Waals surface area contributed by atoms with Gasteiger partial charge in [0.2, 0.25) is 0 Å². The van der Waals surface area contributed by atoms with E-state index in [0.29, 0.717) is 11.0 Å². The Kier molecular flexibility index (Phi) is 4.73. The van der Waals surface area contributed by atoms with Crippen LogP contribution in [0.2, 0.25) is 0 Å². The first-order valence-corrected chi connectivity index (χ1v) is 9.96. The average molecular weight is 402 g/mol. The molecule has 148 valence electrons. The van der Waals surface area contributed by atoms with Gasteiger partial charge >= 0.3 is 5.97 Å². The van der Waals surface area contributed by atoms with Crippen LogP contribution in [0, 0.1) is 0 Å². The molecule has 31 heavy (non-hydrogen) atoms. The second-order valence-corrected chi connectivity index (χ2v) is 7.21. The van der Waals surface area contributed by atoms with Gasteiger partial charge in [-0.25, -0.2) is 14.8 Å². The lowest BCUT2D eigenvalue weighted by Gasteiger charge is -2.14. The second-order valence-electron chi connectivity index (χ2n) is 7.21. The molecule has 0 aliphatic carbocycles. The van der Waals surface area contributed by atoms with Gasteiger partial charge in [0, 0.05) is 11.1 Å². The number of nitrogens with zero attached hydrogens (tertiary/aromatic N) is 2. The van der Waals surface area contributed by atoms with Gasteiger partial charge in [0.15, 0.2) is 0 Å². The first-order chi connectivity index (χ1) is 15.2. The number of rotatable bonds is 4. The summed E-state index contributed by atoms with van der Waals surface area (Å²) in [5.74, 6) is -0.984. The Balaban J connectivity index is 1.83. The molecule has 0 fully saturated rings. The Labute approximate surface area is 179 Å². The highest BCUT2D eigenvalue weighted by Gasteiger charge is 2.17. The van der Waals surface area contributed by atoms with Crippen molar-refractivity contribution in [1.82, 2.24) is 9.97 Å².